The van der Waals surface area contributed by atoms with Crippen LogP contribution in [0.1, 0.15) is 32.8 Å². The summed E-state index contributed by atoms with van der Waals surface area (Å²) in [6.45, 7) is 6.01. The van der Waals surface area contributed by atoms with Crippen LogP contribution in [0.4, 0.5) is 10.5 Å². The van der Waals surface area contributed by atoms with Gasteiger partial charge in [0.1, 0.15) is 17.9 Å². The van der Waals surface area contributed by atoms with E-state index in [1.54, 1.807) is 49.9 Å². The molecule has 3 amide bonds. The van der Waals surface area contributed by atoms with Gasteiger partial charge in [0.2, 0.25) is 5.91 Å². The van der Waals surface area contributed by atoms with Crippen LogP contribution in [0, 0.1) is 0 Å². The zero-order valence-corrected chi connectivity index (χ0v) is 23.1. The van der Waals surface area contributed by atoms with Crippen LogP contribution in [-0.2, 0) is 14.3 Å². The molecule has 4 rings (SSSR count). The second-order valence-corrected chi connectivity index (χ2v) is 10.5. The van der Waals surface area contributed by atoms with Gasteiger partial charge in [0.25, 0.3) is 5.91 Å². The summed E-state index contributed by atoms with van der Waals surface area (Å²) in [7, 11) is 0. The van der Waals surface area contributed by atoms with E-state index in [1.807, 2.05) is 66.7 Å². The topological polar surface area (TPSA) is 88.2 Å². The van der Waals surface area contributed by atoms with E-state index in [0.717, 1.165) is 5.56 Å². The molecule has 1 unspecified atom stereocenters. The number of benzene rings is 3. The summed E-state index contributed by atoms with van der Waals surface area (Å²) in [5, 5.41) is 2.84. The number of ether oxygens (including phenoxy) is 2. The predicted molar refractivity (Wildman–Crippen MR) is 155 cm³/mol. The number of nitrogens with zero attached hydrogens (tertiary/aromatic N) is 2. The lowest BCUT2D eigenvalue weighted by atomic mass is 10.2. The number of rotatable bonds is 8. The first-order chi connectivity index (χ1) is 19.2. The number of alkyl carbamates (subject to hydrolysis) is 1. The molecule has 40 heavy (non-hydrogen) atoms. The first kappa shape index (κ1) is 28.4. The van der Waals surface area contributed by atoms with E-state index in [9.17, 15) is 14.4 Å². The van der Waals surface area contributed by atoms with Crippen molar-refractivity contribution in [3.63, 3.8) is 0 Å². The Morgan fingerprint density at radius 2 is 1.60 bits per heavy atom. The van der Waals surface area contributed by atoms with Gasteiger partial charge in [0.05, 0.1) is 11.7 Å². The van der Waals surface area contributed by atoms with Gasteiger partial charge >= 0.3 is 6.09 Å². The van der Waals surface area contributed by atoms with Gasteiger partial charge < -0.3 is 19.7 Å². The molecule has 3 aromatic carbocycles. The normalized spacial score (nSPS) is 15.1. The number of carbonyl (C=O) groups is 3. The predicted octanol–water partition coefficient (Wildman–Crippen LogP) is 5.65. The Labute approximate surface area is 235 Å². The second kappa shape index (κ2) is 13.0. The van der Waals surface area contributed by atoms with Crippen molar-refractivity contribution < 1.29 is 23.9 Å². The average Bonchev–Trinajstić information content (AvgIpc) is 3.39. The number of hydrogen-bond donors (Lipinski definition) is 1. The lowest BCUT2D eigenvalue weighted by molar-refractivity contribution is -0.130. The Morgan fingerprint density at radius 1 is 0.950 bits per heavy atom. The quantitative estimate of drug-likeness (QED) is 0.372. The highest BCUT2D eigenvalue weighted by Gasteiger charge is 2.31. The molecule has 8 nitrogen and oxygen atoms in total. The average molecular weight is 542 g/mol. The van der Waals surface area contributed by atoms with E-state index in [4.69, 9.17) is 9.47 Å². The first-order valence-electron chi connectivity index (χ1n) is 13.3. The highest BCUT2D eigenvalue weighted by atomic mass is 16.6. The minimum atomic E-state index is -0.610. The number of nitrogens with one attached hydrogen (secondary N) is 1. The number of amides is 3. The van der Waals surface area contributed by atoms with Crippen molar-refractivity contribution in [1.82, 2.24) is 10.2 Å². The third-order valence-corrected chi connectivity index (χ3v) is 6.17. The third-order valence-electron chi connectivity index (χ3n) is 6.17. The molecule has 208 valence electrons. The van der Waals surface area contributed by atoms with Crippen molar-refractivity contribution >= 4 is 29.7 Å². The summed E-state index contributed by atoms with van der Waals surface area (Å²) < 4.78 is 11.5. The van der Waals surface area contributed by atoms with Crippen LogP contribution in [0.15, 0.2) is 91.0 Å². The largest absolute Gasteiger partial charge is 0.455 e. The molecule has 1 atom stereocenters. The number of carbonyl (C=O) groups excluding carboxylic acids is 3. The van der Waals surface area contributed by atoms with Gasteiger partial charge in [-0.25, -0.2) is 4.79 Å². The van der Waals surface area contributed by atoms with E-state index >= 15 is 0 Å². The Morgan fingerprint density at radius 3 is 2.30 bits per heavy atom. The molecule has 1 N–H and O–H groups in total. The number of hydrogen-bond acceptors (Lipinski definition) is 5. The van der Waals surface area contributed by atoms with Gasteiger partial charge in [-0.15, -0.1) is 0 Å². The summed E-state index contributed by atoms with van der Waals surface area (Å²) in [5.41, 5.74) is 0.734. The summed E-state index contributed by atoms with van der Waals surface area (Å²) in [5.74, 6) is 0.478. The van der Waals surface area contributed by atoms with E-state index in [2.05, 4.69) is 5.32 Å². The molecule has 0 saturated carbocycles. The van der Waals surface area contributed by atoms with Crippen molar-refractivity contribution in [2.75, 3.05) is 24.5 Å². The molecule has 0 radical (unpaired) electrons. The third kappa shape index (κ3) is 8.20. The summed E-state index contributed by atoms with van der Waals surface area (Å²) in [6.07, 6.45) is 3.26. The van der Waals surface area contributed by atoms with Crippen LogP contribution in [0.2, 0.25) is 0 Å². The van der Waals surface area contributed by atoms with E-state index in [0.29, 0.717) is 36.7 Å². The molecule has 1 heterocycles. The molecule has 8 heteroatoms. The second-order valence-electron chi connectivity index (χ2n) is 10.5. The maximum absolute atomic E-state index is 13.6. The lowest BCUT2D eigenvalue weighted by Crippen LogP contribution is -2.44. The highest BCUT2D eigenvalue weighted by molar-refractivity contribution is 6.07. The zero-order valence-electron chi connectivity index (χ0n) is 23.1. The van der Waals surface area contributed by atoms with Crippen molar-refractivity contribution in [2.45, 2.75) is 38.8 Å². The Bertz CT molecular complexity index is 1340. The monoisotopic (exact) mass is 541 g/mol. The van der Waals surface area contributed by atoms with Gasteiger partial charge in [0, 0.05) is 19.2 Å². The molecular weight excluding hydrogens is 506 g/mol. The van der Waals surface area contributed by atoms with Gasteiger partial charge in [-0.05, 0) is 63.1 Å². The van der Waals surface area contributed by atoms with Crippen LogP contribution >= 0.6 is 0 Å². The van der Waals surface area contributed by atoms with E-state index < -0.39 is 11.7 Å². The van der Waals surface area contributed by atoms with Crippen LogP contribution in [-0.4, -0.2) is 54.1 Å². The molecule has 1 saturated heterocycles. The van der Waals surface area contributed by atoms with Crippen molar-refractivity contribution in [2.24, 2.45) is 0 Å². The number of likely N-dealkylation sites (tertiary alicyclic amines) is 1. The van der Waals surface area contributed by atoms with Crippen LogP contribution in [0.5, 0.6) is 11.5 Å². The van der Waals surface area contributed by atoms with Crippen LogP contribution < -0.4 is 15.0 Å². The molecular formula is C32H35N3O5. The smallest absolute Gasteiger partial charge is 0.407 e. The number of para-hydroxylation sites is 3. The molecule has 1 aliphatic heterocycles. The molecule has 1 aliphatic rings. The maximum atomic E-state index is 13.6. The molecule has 0 aromatic heterocycles. The maximum Gasteiger partial charge on any atom is 0.407 e. The van der Waals surface area contributed by atoms with Crippen molar-refractivity contribution in [1.29, 1.82) is 0 Å². The van der Waals surface area contributed by atoms with Crippen molar-refractivity contribution in [3.05, 3.63) is 96.6 Å². The summed E-state index contributed by atoms with van der Waals surface area (Å²) >= 11 is 0. The molecule has 3 aromatic rings. The number of anilines is 1. The van der Waals surface area contributed by atoms with Gasteiger partial charge in [-0.1, -0.05) is 60.7 Å². The summed E-state index contributed by atoms with van der Waals surface area (Å²) in [4.78, 5) is 42.3. The van der Waals surface area contributed by atoms with Crippen LogP contribution in [0.25, 0.3) is 6.08 Å². The van der Waals surface area contributed by atoms with Gasteiger partial charge in [-0.2, -0.15) is 0 Å². The fourth-order valence-electron chi connectivity index (χ4n) is 4.30. The molecule has 1 fully saturated rings. The zero-order chi connectivity index (χ0) is 28.5. The van der Waals surface area contributed by atoms with E-state index in [-0.39, 0.29) is 24.4 Å². The molecule has 0 aliphatic carbocycles. The summed E-state index contributed by atoms with van der Waals surface area (Å²) in [6, 6.07) is 25.7. The fourth-order valence-corrected chi connectivity index (χ4v) is 4.30. The van der Waals surface area contributed by atoms with Crippen molar-refractivity contribution in [3.8, 4) is 11.5 Å². The Balaban J connectivity index is 1.53. The van der Waals surface area contributed by atoms with Crippen LogP contribution in [0.3, 0.4) is 0 Å². The Hall–Kier alpha value is -4.59. The molecule has 0 bridgehead atoms. The molecule has 0 spiro atoms. The highest BCUT2D eigenvalue weighted by Crippen LogP contribution is 2.32. The standard InChI is InChI=1S/C32H35N3O5/c1-32(2,3)40-31(38)33-25-20-21-34(22-25)30(37)23-35(29(36)19-18-24-12-6-4-7-13-24)27-16-10-11-17-28(27)39-26-14-8-5-9-15-26/h4-19,25H,20-23H2,1-3H3,(H,33,38)/b19-18+. The first-order valence-corrected chi connectivity index (χ1v) is 13.3. The SMILES string of the molecule is CC(C)(C)OC(=O)NC1CCN(C(=O)CN(C(=O)/C=C/c2ccccc2)c2ccccc2Oc2ccccc2)C1. The lowest BCUT2D eigenvalue weighted by Gasteiger charge is -2.26. The van der Waals surface area contributed by atoms with Gasteiger partial charge in [-0.3, -0.25) is 14.5 Å². The van der Waals surface area contributed by atoms with Gasteiger partial charge in [0.15, 0.2) is 5.75 Å². The Kier molecular flexibility index (Phi) is 9.22. The minimum absolute atomic E-state index is 0.188. The fraction of sp³-hybridized carbons (Fsp3) is 0.281. The minimum Gasteiger partial charge on any atom is -0.455 e. The van der Waals surface area contributed by atoms with E-state index in [1.165, 1.54) is 11.0 Å².